The van der Waals surface area contributed by atoms with Gasteiger partial charge >= 0.3 is 0 Å². The fraction of sp³-hybridized carbons (Fsp3) is 0.455. The van der Waals surface area contributed by atoms with Crippen LogP contribution in [0.25, 0.3) is 0 Å². The van der Waals surface area contributed by atoms with Crippen LogP contribution in [0.5, 0.6) is 0 Å². The maximum atomic E-state index is 13.3. The third kappa shape index (κ3) is 4.10. The predicted octanol–water partition coefficient (Wildman–Crippen LogP) is 1.85. The Hall–Kier alpha value is -0.740. The summed E-state index contributed by atoms with van der Waals surface area (Å²) in [4.78, 5) is 0. The molecule has 2 unspecified atom stereocenters. The van der Waals surface area contributed by atoms with Gasteiger partial charge in [0.15, 0.2) is 0 Å². The molecular weight excluding hydrogens is 213 g/mol. The minimum absolute atomic E-state index is 0.0465. The third-order valence-corrected chi connectivity index (χ3v) is 2.99. The summed E-state index contributed by atoms with van der Waals surface area (Å²) in [5, 5.41) is 3.14. The summed E-state index contributed by atoms with van der Waals surface area (Å²) in [5.74, 6) is 0.397. The van der Waals surface area contributed by atoms with Crippen LogP contribution in [0, 0.1) is 5.82 Å². The van der Waals surface area contributed by atoms with Gasteiger partial charge < -0.3 is 5.32 Å². The van der Waals surface area contributed by atoms with E-state index in [0.717, 1.165) is 0 Å². The zero-order chi connectivity index (χ0) is 11.3. The van der Waals surface area contributed by atoms with Crippen LogP contribution in [-0.2, 0) is 10.8 Å². The molecule has 0 aliphatic heterocycles. The highest BCUT2D eigenvalue weighted by Gasteiger charge is 2.08. The van der Waals surface area contributed by atoms with Crippen molar-refractivity contribution in [2.24, 2.45) is 0 Å². The van der Waals surface area contributed by atoms with Crippen LogP contribution in [0.3, 0.4) is 0 Å². The Bertz CT molecular complexity index is 343. The Morgan fingerprint density at radius 3 is 2.73 bits per heavy atom. The van der Waals surface area contributed by atoms with Crippen LogP contribution >= 0.6 is 0 Å². The number of hydrogen-bond acceptors (Lipinski definition) is 2. The predicted molar refractivity (Wildman–Crippen MR) is 61.8 cm³/mol. The van der Waals surface area contributed by atoms with Crippen molar-refractivity contribution in [2.45, 2.75) is 13.0 Å². The van der Waals surface area contributed by atoms with Crippen molar-refractivity contribution in [2.75, 3.05) is 18.6 Å². The molecule has 0 fully saturated rings. The van der Waals surface area contributed by atoms with Crippen LogP contribution in [0.15, 0.2) is 24.3 Å². The first kappa shape index (κ1) is 12.3. The minimum Gasteiger partial charge on any atom is -0.309 e. The second-order valence-electron chi connectivity index (χ2n) is 3.47. The highest BCUT2D eigenvalue weighted by atomic mass is 32.2. The molecule has 1 rings (SSSR count). The van der Waals surface area contributed by atoms with Gasteiger partial charge in [-0.3, -0.25) is 4.21 Å². The van der Waals surface area contributed by atoms with Crippen molar-refractivity contribution >= 4 is 10.8 Å². The van der Waals surface area contributed by atoms with Crippen LogP contribution in [-0.4, -0.2) is 22.8 Å². The van der Waals surface area contributed by atoms with Gasteiger partial charge in [-0.1, -0.05) is 18.2 Å². The van der Waals surface area contributed by atoms with Crippen molar-refractivity contribution in [3.8, 4) is 0 Å². The Balaban J connectivity index is 2.50. The highest BCUT2D eigenvalue weighted by molar-refractivity contribution is 7.84. The van der Waals surface area contributed by atoms with Gasteiger partial charge in [-0.05, 0) is 13.0 Å². The molecule has 1 aromatic carbocycles. The van der Waals surface area contributed by atoms with Crippen molar-refractivity contribution < 1.29 is 8.60 Å². The summed E-state index contributed by atoms with van der Waals surface area (Å²) < 4.78 is 24.2. The number of rotatable bonds is 5. The molecule has 0 amide bonds. The van der Waals surface area contributed by atoms with Crippen LogP contribution in [0.4, 0.5) is 4.39 Å². The summed E-state index contributed by atoms with van der Waals surface area (Å²) in [7, 11) is -0.800. The van der Waals surface area contributed by atoms with E-state index in [4.69, 9.17) is 0 Å². The number of nitrogens with one attached hydrogen (secondary N) is 1. The summed E-state index contributed by atoms with van der Waals surface area (Å²) in [5.41, 5.74) is 0.652. The SMILES string of the molecule is CC(NCCS(C)=O)c1ccccc1F. The third-order valence-electron chi connectivity index (χ3n) is 2.21. The monoisotopic (exact) mass is 229 g/mol. The molecule has 2 nitrogen and oxygen atoms in total. The summed E-state index contributed by atoms with van der Waals surface area (Å²) >= 11 is 0. The Morgan fingerprint density at radius 1 is 1.47 bits per heavy atom. The largest absolute Gasteiger partial charge is 0.309 e. The topological polar surface area (TPSA) is 29.1 Å². The van der Waals surface area contributed by atoms with E-state index >= 15 is 0 Å². The Morgan fingerprint density at radius 2 is 2.13 bits per heavy atom. The highest BCUT2D eigenvalue weighted by Crippen LogP contribution is 2.15. The molecular formula is C11H16FNOS. The van der Waals surface area contributed by atoms with Gasteiger partial charge in [0.05, 0.1) is 0 Å². The smallest absolute Gasteiger partial charge is 0.127 e. The standard InChI is InChI=1S/C11H16FNOS/c1-9(13-7-8-15(2)14)10-5-3-4-6-11(10)12/h3-6,9,13H,7-8H2,1-2H3. The molecule has 4 heteroatoms. The van der Waals surface area contributed by atoms with E-state index in [2.05, 4.69) is 5.32 Å². The van der Waals surface area contributed by atoms with Crippen molar-refractivity contribution in [3.05, 3.63) is 35.6 Å². The van der Waals surface area contributed by atoms with E-state index in [1.54, 1.807) is 18.4 Å². The van der Waals surface area contributed by atoms with Gasteiger partial charge in [0.1, 0.15) is 5.82 Å². The minimum atomic E-state index is -0.800. The van der Waals surface area contributed by atoms with E-state index < -0.39 is 10.8 Å². The van der Waals surface area contributed by atoms with E-state index in [-0.39, 0.29) is 11.9 Å². The number of benzene rings is 1. The molecule has 0 spiro atoms. The average molecular weight is 229 g/mol. The van der Waals surface area contributed by atoms with Crippen LogP contribution < -0.4 is 5.32 Å². The van der Waals surface area contributed by atoms with Gasteiger partial charge in [-0.25, -0.2) is 4.39 Å². The van der Waals surface area contributed by atoms with Gasteiger partial charge in [-0.2, -0.15) is 0 Å². The van der Waals surface area contributed by atoms with Crippen molar-refractivity contribution in [3.63, 3.8) is 0 Å². The summed E-state index contributed by atoms with van der Waals surface area (Å²) in [6.07, 6.45) is 1.66. The van der Waals surface area contributed by atoms with Crippen LogP contribution in [0.1, 0.15) is 18.5 Å². The Labute approximate surface area is 92.3 Å². The lowest BCUT2D eigenvalue weighted by Crippen LogP contribution is -2.24. The van der Waals surface area contributed by atoms with Gasteiger partial charge in [0.25, 0.3) is 0 Å². The average Bonchev–Trinajstić information content (AvgIpc) is 2.17. The fourth-order valence-corrected chi connectivity index (χ4v) is 1.76. The first-order chi connectivity index (χ1) is 7.11. The maximum absolute atomic E-state index is 13.3. The lowest BCUT2D eigenvalue weighted by molar-refractivity contribution is 0.541. The molecule has 1 aromatic rings. The Kier molecular flexibility index (Phi) is 4.91. The van der Waals surface area contributed by atoms with E-state index in [1.165, 1.54) is 6.07 Å². The van der Waals surface area contributed by atoms with Gasteiger partial charge in [0, 0.05) is 41.0 Å². The second kappa shape index (κ2) is 5.98. The molecule has 84 valence electrons. The zero-order valence-electron chi connectivity index (χ0n) is 9.00. The zero-order valence-corrected chi connectivity index (χ0v) is 9.81. The molecule has 0 radical (unpaired) electrons. The summed E-state index contributed by atoms with van der Waals surface area (Å²) in [6, 6.07) is 6.65. The first-order valence-electron chi connectivity index (χ1n) is 4.89. The molecule has 0 aromatic heterocycles. The van der Waals surface area contributed by atoms with E-state index in [9.17, 15) is 8.60 Å². The molecule has 0 aliphatic rings. The number of hydrogen-bond donors (Lipinski definition) is 1. The lowest BCUT2D eigenvalue weighted by atomic mass is 10.1. The maximum Gasteiger partial charge on any atom is 0.127 e. The lowest BCUT2D eigenvalue weighted by Gasteiger charge is -2.14. The van der Waals surface area contributed by atoms with Crippen molar-refractivity contribution in [1.82, 2.24) is 5.32 Å². The molecule has 0 heterocycles. The molecule has 0 bridgehead atoms. The molecule has 1 N–H and O–H groups in total. The second-order valence-corrected chi connectivity index (χ2v) is 5.03. The molecule has 2 atom stereocenters. The van der Waals surface area contributed by atoms with E-state index in [1.807, 2.05) is 13.0 Å². The first-order valence-corrected chi connectivity index (χ1v) is 6.62. The summed E-state index contributed by atoms with van der Waals surface area (Å²) in [6.45, 7) is 2.54. The normalized spacial score (nSPS) is 14.9. The van der Waals surface area contributed by atoms with E-state index in [0.29, 0.717) is 17.9 Å². The van der Waals surface area contributed by atoms with Crippen LogP contribution in [0.2, 0.25) is 0 Å². The fourth-order valence-electron chi connectivity index (χ4n) is 1.36. The molecule has 0 saturated heterocycles. The van der Waals surface area contributed by atoms with Crippen molar-refractivity contribution in [1.29, 1.82) is 0 Å². The number of halogens is 1. The molecule has 0 aliphatic carbocycles. The van der Waals surface area contributed by atoms with Gasteiger partial charge in [0.2, 0.25) is 0 Å². The quantitative estimate of drug-likeness (QED) is 0.835. The molecule has 15 heavy (non-hydrogen) atoms. The van der Waals surface area contributed by atoms with Gasteiger partial charge in [-0.15, -0.1) is 0 Å². The molecule has 0 saturated carbocycles.